The molecule has 162 valence electrons. The van der Waals surface area contributed by atoms with Crippen molar-refractivity contribution < 1.29 is 31.1 Å². The number of carbonyl (C=O) groups excluding carboxylic acids is 1. The maximum Gasteiger partial charge on any atom is 0.416 e. The van der Waals surface area contributed by atoms with Gasteiger partial charge in [-0.15, -0.1) is 0 Å². The molecule has 1 heterocycles. The van der Waals surface area contributed by atoms with E-state index in [1.54, 1.807) is 0 Å². The zero-order valence-electron chi connectivity index (χ0n) is 16.2. The molecule has 10 heteroatoms. The van der Waals surface area contributed by atoms with Crippen molar-refractivity contribution in [3.8, 4) is 5.75 Å². The molecule has 1 fully saturated rings. The van der Waals surface area contributed by atoms with Crippen molar-refractivity contribution >= 4 is 21.6 Å². The van der Waals surface area contributed by atoms with Gasteiger partial charge in [0.25, 0.3) is 5.91 Å². The summed E-state index contributed by atoms with van der Waals surface area (Å²) in [5, 5.41) is 2.48. The van der Waals surface area contributed by atoms with Crippen molar-refractivity contribution in [1.82, 2.24) is 4.31 Å². The van der Waals surface area contributed by atoms with Crippen molar-refractivity contribution in [3.63, 3.8) is 0 Å². The second-order valence-electron chi connectivity index (χ2n) is 6.86. The van der Waals surface area contributed by atoms with Crippen LogP contribution >= 0.6 is 0 Å². The number of sulfonamides is 1. The first kappa shape index (κ1) is 22.1. The molecule has 1 saturated heterocycles. The number of nitrogens with one attached hydrogen (secondary N) is 1. The van der Waals surface area contributed by atoms with Crippen molar-refractivity contribution in [1.29, 1.82) is 0 Å². The van der Waals surface area contributed by atoms with Gasteiger partial charge in [0.05, 0.1) is 12.7 Å². The van der Waals surface area contributed by atoms with Crippen LogP contribution in [0.2, 0.25) is 0 Å². The SMILES string of the molecule is COc1ccc(C(=O)Nc2ccc(C(F)(F)F)cc2)cc1S(=O)(=O)N1CCCCC1. The molecule has 1 aliphatic heterocycles. The van der Waals surface area contributed by atoms with Gasteiger partial charge in [0, 0.05) is 24.3 Å². The summed E-state index contributed by atoms with van der Waals surface area (Å²) in [4.78, 5) is 12.4. The van der Waals surface area contributed by atoms with Crippen LogP contribution in [0.15, 0.2) is 47.4 Å². The number of hydrogen-bond donors (Lipinski definition) is 1. The molecule has 30 heavy (non-hydrogen) atoms. The van der Waals surface area contributed by atoms with Crippen LogP contribution in [-0.2, 0) is 16.2 Å². The molecule has 0 atom stereocenters. The highest BCUT2D eigenvalue weighted by Gasteiger charge is 2.31. The van der Waals surface area contributed by atoms with Gasteiger partial charge in [-0.1, -0.05) is 6.42 Å². The van der Waals surface area contributed by atoms with E-state index in [4.69, 9.17) is 4.74 Å². The molecule has 0 aromatic heterocycles. The fourth-order valence-electron chi connectivity index (χ4n) is 3.21. The van der Waals surface area contributed by atoms with Crippen LogP contribution in [0.3, 0.4) is 0 Å². The highest BCUT2D eigenvalue weighted by molar-refractivity contribution is 7.89. The summed E-state index contributed by atoms with van der Waals surface area (Å²) in [5.41, 5.74) is -0.629. The minimum atomic E-state index is -4.48. The number of hydrogen-bond acceptors (Lipinski definition) is 4. The number of anilines is 1. The third-order valence-corrected chi connectivity index (χ3v) is 6.75. The van der Waals surface area contributed by atoms with E-state index in [0.29, 0.717) is 13.1 Å². The lowest BCUT2D eigenvalue weighted by Gasteiger charge is -2.26. The van der Waals surface area contributed by atoms with E-state index in [9.17, 15) is 26.4 Å². The normalized spacial score (nSPS) is 15.6. The molecule has 0 aliphatic carbocycles. The number of piperidine rings is 1. The molecule has 2 aromatic rings. The van der Waals surface area contributed by atoms with Crippen LogP contribution in [0.25, 0.3) is 0 Å². The van der Waals surface area contributed by atoms with Crippen LogP contribution in [0, 0.1) is 0 Å². The number of ether oxygens (including phenoxy) is 1. The van der Waals surface area contributed by atoms with Gasteiger partial charge in [-0.3, -0.25) is 4.79 Å². The first-order valence-electron chi connectivity index (χ1n) is 9.30. The predicted molar refractivity (Wildman–Crippen MR) is 105 cm³/mol. The van der Waals surface area contributed by atoms with Gasteiger partial charge in [-0.2, -0.15) is 17.5 Å². The molecule has 3 rings (SSSR count). The molecule has 6 nitrogen and oxygen atoms in total. The number of nitrogens with zero attached hydrogens (tertiary/aromatic N) is 1. The summed E-state index contributed by atoms with van der Waals surface area (Å²) in [6.45, 7) is 0.793. The summed E-state index contributed by atoms with van der Waals surface area (Å²) >= 11 is 0. The van der Waals surface area contributed by atoms with Gasteiger partial charge >= 0.3 is 6.18 Å². The van der Waals surface area contributed by atoms with Gasteiger partial charge < -0.3 is 10.1 Å². The van der Waals surface area contributed by atoms with Gasteiger partial charge in [0.15, 0.2) is 0 Å². The monoisotopic (exact) mass is 442 g/mol. The fourth-order valence-corrected chi connectivity index (χ4v) is 4.91. The van der Waals surface area contributed by atoms with Gasteiger partial charge in [0.2, 0.25) is 10.0 Å². The van der Waals surface area contributed by atoms with Crippen molar-refractivity contribution in [2.24, 2.45) is 0 Å². The number of carbonyl (C=O) groups is 1. The number of methoxy groups -OCH3 is 1. The lowest BCUT2D eigenvalue weighted by molar-refractivity contribution is -0.137. The standard InChI is InChI=1S/C20H21F3N2O4S/c1-29-17-10-5-14(13-18(17)30(27,28)25-11-3-2-4-12-25)19(26)24-16-8-6-15(7-9-16)20(21,22)23/h5-10,13H,2-4,11-12H2,1H3,(H,24,26). The zero-order chi connectivity index (χ0) is 21.9. The van der Waals surface area contributed by atoms with Gasteiger partial charge in [0.1, 0.15) is 10.6 Å². The van der Waals surface area contributed by atoms with E-state index in [2.05, 4.69) is 5.32 Å². The molecule has 1 amide bonds. The smallest absolute Gasteiger partial charge is 0.416 e. The van der Waals surface area contributed by atoms with Gasteiger partial charge in [-0.05, 0) is 55.3 Å². The molecular formula is C20H21F3N2O4S. The van der Waals surface area contributed by atoms with Crippen LogP contribution in [-0.4, -0.2) is 38.8 Å². The Bertz CT molecular complexity index is 1020. The number of alkyl halides is 3. The first-order chi connectivity index (χ1) is 14.1. The quantitative estimate of drug-likeness (QED) is 0.755. The first-order valence-corrected chi connectivity index (χ1v) is 10.7. The molecule has 1 aliphatic rings. The minimum Gasteiger partial charge on any atom is -0.495 e. The summed E-state index contributed by atoms with van der Waals surface area (Å²) in [6, 6.07) is 7.99. The van der Waals surface area contributed by atoms with E-state index in [1.165, 1.54) is 29.6 Å². The number of rotatable bonds is 5. The topological polar surface area (TPSA) is 75.7 Å². The van der Waals surface area contributed by atoms with E-state index in [-0.39, 0.29) is 21.9 Å². The van der Waals surface area contributed by atoms with E-state index in [1.807, 2.05) is 0 Å². The van der Waals surface area contributed by atoms with Crippen LogP contribution < -0.4 is 10.1 Å². The Labute approximate surface area is 172 Å². The maximum absolute atomic E-state index is 13.0. The fraction of sp³-hybridized carbons (Fsp3) is 0.350. The third kappa shape index (κ3) is 4.76. The second kappa shape index (κ2) is 8.65. The Kier molecular flexibility index (Phi) is 6.37. The number of halogens is 3. The maximum atomic E-state index is 13.0. The van der Waals surface area contributed by atoms with Crippen molar-refractivity contribution in [3.05, 3.63) is 53.6 Å². The highest BCUT2D eigenvalue weighted by atomic mass is 32.2. The molecule has 2 aromatic carbocycles. The summed E-state index contributed by atoms with van der Waals surface area (Å²) < 4.78 is 70.6. The summed E-state index contributed by atoms with van der Waals surface area (Å²) in [5.74, 6) is -0.529. The Morgan fingerprint density at radius 3 is 2.23 bits per heavy atom. The lowest BCUT2D eigenvalue weighted by Crippen LogP contribution is -2.35. The summed E-state index contributed by atoms with van der Waals surface area (Å²) in [6.07, 6.45) is -2.00. The van der Waals surface area contributed by atoms with Crippen LogP contribution in [0.4, 0.5) is 18.9 Å². The Morgan fingerprint density at radius 2 is 1.67 bits per heavy atom. The van der Waals surface area contributed by atoms with Crippen molar-refractivity contribution in [2.45, 2.75) is 30.3 Å². The zero-order valence-corrected chi connectivity index (χ0v) is 17.0. The lowest BCUT2D eigenvalue weighted by atomic mass is 10.1. The minimum absolute atomic E-state index is 0.0475. The van der Waals surface area contributed by atoms with Crippen LogP contribution in [0.5, 0.6) is 5.75 Å². The molecular weight excluding hydrogens is 421 g/mol. The van der Waals surface area contributed by atoms with Gasteiger partial charge in [-0.25, -0.2) is 8.42 Å². The van der Waals surface area contributed by atoms with Crippen molar-refractivity contribution in [2.75, 3.05) is 25.5 Å². The third-order valence-electron chi connectivity index (χ3n) is 4.83. The second-order valence-corrected chi connectivity index (χ2v) is 8.77. The molecule has 0 radical (unpaired) electrons. The van der Waals surface area contributed by atoms with Crippen LogP contribution in [0.1, 0.15) is 35.2 Å². The predicted octanol–water partition coefficient (Wildman–Crippen LogP) is 4.14. The summed E-state index contributed by atoms with van der Waals surface area (Å²) in [7, 11) is -2.51. The Morgan fingerprint density at radius 1 is 1.03 bits per heavy atom. The molecule has 0 saturated carbocycles. The Balaban J connectivity index is 1.86. The molecule has 0 unspecified atom stereocenters. The van der Waals surface area contributed by atoms with E-state index < -0.39 is 27.7 Å². The number of amides is 1. The van der Waals surface area contributed by atoms with E-state index in [0.717, 1.165) is 43.5 Å². The average Bonchev–Trinajstić information content (AvgIpc) is 2.73. The average molecular weight is 442 g/mol. The molecule has 0 spiro atoms. The largest absolute Gasteiger partial charge is 0.495 e. The Hall–Kier alpha value is -2.59. The highest BCUT2D eigenvalue weighted by Crippen LogP contribution is 2.31. The number of benzene rings is 2. The molecule has 0 bridgehead atoms. The van der Waals surface area contributed by atoms with E-state index >= 15 is 0 Å². The molecule has 1 N–H and O–H groups in total.